The van der Waals surface area contributed by atoms with Crippen molar-refractivity contribution in [2.75, 3.05) is 13.6 Å². The highest BCUT2D eigenvalue weighted by atomic mass is 79.9. The average Bonchev–Trinajstić information content (AvgIpc) is 3.02. The second-order valence-electron chi connectivity index (χ2n) is 7.35. The number of benzene rings is 2. The molecule has 228 valence electrons. The van der Waals surface area contributed by atoms with Crippen molar-refractivity contribution in [3.63, 3.8) is 0 Å². The zero-order chi connectivity index (χ0) is 32.5. The van der Waals surface area contributed by atoms with Gasteiger partial charge in [-0.2, -0.15) is 0 Å². The first-order valence-corrected chi connectivity index (χ1v) is 14.5. The number of nitrogens with one attached hydrogen (secondary N) is 1. The number of phenolic OH excluding ortho intramolecular Hbond substituents is 1. The van der Waals surface area contributed by atoms with E-state index in [9.17, 15) is 5.11 Å². The van der Waals surface area contributed by atoms with Gasteiger partial charge in [0.15, 0.2) is 0 Å². The van der Waals surface area contributed by atoms with Crippen molar-refractivity contribution >= 4 is 47.5 Å². The number of para-hydroxylation sites is 1. The fraction of sp³-hybridized carbons (Fsp3) is 0.353. The molecule has 41 heavy (non-hydrogen) atoms. The number of hydrogen-bond donors (Lipinski definition) is 2. The maximum Gasteiger partial charge on any atom is 0.124 e. The molecule has 2 N–H and O–H groups in total. The number of carbonyl (C=O) groups excluding carboxylic acids is 2. The van der Waals surface area contributed by atoms with E-state index in [2.05, 4.69) is 56.4 Å². The number of hydrogen-bond acceptors (Lipinski definition) is 6. The topological polar surface area (TPSA) is 91.1 Å². The lowest BCUT2D eigenvalue weighted by atomic mass is 10.1. The van der Waals surface area contributed by atoms with Crippen molar-refractivity contribution in [2.24, 2.45) is 9.98 Å². The van der Waals surface area contributed by atoms with Crippen molar-refractivity contribution in [3.8, 4) is 5.75 Å². The highest BCUT2D eigenvalue weighted by Crippen LogP contribution is 2.20. The van der Waals surface area contributed by atoms with E-state index in [1.807, 2.05) is 105 Å². The number of allylic oxidation sites excluding steroid dienone is 5. The van der Waals surface area contributed by atoms with Crippen LogP contribution in [0.4, 0.5) is 0 Å². The first kappa shape index (κ1) is 44.4. The molecule has 0 unspecified atom stereocenters. The van der Waals surface area contributed by atoms with E-state index < -0.39 is 0 Å². The third-order valence-electron chi connectivity index (χ3n) is 4.50. The molecule has 0 amide bonds. The molecule has 2 rings (SSSR count). The van der Waals surface area contributed by atoms with Crippen LogP contribution in [-0.2, 0) is 9.59 Å². The van der Waals surface area contributed by atoms with Gasteiger partial charge in [-0.05, 0) is 66.9 Å². The SMILES string of the molecule is C/C=C/c1ccccc1.C=O.C=O.CC.CC.CCCCN/C(C)=C/C(=N/C(C)=C(\Br)C=NC)c1ccccc1O. The van der Waals surface area contributed by atoms with E-state index >= 15 is 0 Å². The fourth-order valence-electron chi connectivity index (χ4n) is 2.78. The van der Waals surface area contributed by atoms with E-state index in [4.69, 9.17) is 9.59 Å². The molecule has 2 aromatic carbocycles. The van der Waals surface area contributed by atoms with Gasteiger partial charge in [-0.3, -0.25) is 9.98 Å². The van der Waals surface area contributed by atoms with Crippen molar-refractivity contribution in [2.45, 2.75) is 68.2 Å². The van der Waals surface area contributed by atoms with Gasteiger partial charge in [0.25, 0.3) is 0 Å². The quantitative estimate of drug-likeness (QED) is 0.214. The average molecular weight is 631 g/mol. The summed E-state index contributed by atoms with van der Waals surface area (Å²) in [5, 5.41) is 13.6. The smallest absolute Gasteiger partial charge is 0.124 e. The van der Waals surface area contributed by atoms with Crippen molar-refractivity contribution in [3.05, 3.63) is 93.8 Å². The zero-order valence-electron chi connectivity index (χ0n) is 26.6. The van der Waals surface area contributed by atoms with E-state index in [1.165, 1.54) is 5.56 Å². The fourth-order valence-corrected chi connectivity index (χ4v) is 3.07. The molecule has 0 aromatic heterocycles. The summed E-state index contributed by atoms with van der Waals surface area (Å²) >= 11 is 3.46. The van der Waals surface area contributed by atoms with Gasteiger partial charge in [-0.1, -0.05) is 95.7 Å². The Labute approximate surface area is 258 Å². The first-order valence-electron chi connectivity index (χ1n) is 13.8. The standard InChI is InChI=1S/C19H26BrN3O.C9H10.2C2H6.2CH2O/c1-5-6-11-22-14(2)12-18(16-9-7-8-10-19(16)24)23-15(3)17(20)13-21-4;1-2-6-9-7-4-3-5-8-9;4*1-2/h7-10,12-13,22,24H,5-6,11H2,1-4H3;2-8H,1H3;2*1-2H3;2*1H2/b14-12+,17-15-,21-13?,23-18-;6-2+;;;;. The molecule has 0 fully saturated rings. The van der Waals surface area contributed by atoms with Gasteiger partial charge in [0.05, 0.1) is 15.9 Å². The van der Waals surface area contributed by atoms with Gasteiger partial charge < -0.3 is 20.0 Å². The molecule has 0 aliphatic heterocycles. The number of rotatable bonds is 9. The normalized spacial score (nSPS) is 11.0. The summed E-state index contributed by atoms with van der Waals surface area (Å²) in [6.45, 7) is 21.0. The summed E-state index contributed by atoms with van der Waals surface area (Å²) in [5.41, 5.74) is 4.46. The van der Waals surface area contributed by atoms with Crippen LogP contribution in [0.3, 0.4) is 0 Å². The Morgan fingerprint density at radius 3 is 1.98 bits per heavy atom. The second kappa shape index (κ2) is 34.4. The number of halogens is 1. The van der Waals surface area contributed by atoms with Crippen LogP contribution in [-0.4, -0.2) is 44.2 Å². The van der Waals surface area contributed by atoms with Gasteiger partial charge >= 0.3 is 0 Å². The first-order chi connectivity index (χ1) is 19.9. The monoisotopic (exact) mass is 629 g/mol. The van der Waals surface area contributed by atoms with Crippen LogP contribution in [0.2, 0.25) is 0 Å². The van der Waals surface area contributed by atoms with E-state index in [0.717, 1.165) is 35.3 Å². The Kier molecular flexibility index (Phi) is 37.3. The summed E-state index contributed by atoms with van der Waals surface area (Å²) in [7, 11) is 1.71. The Morgan fingerprint density at radius 1 is 0.951 bits per heavy atom. The zero-order valence-corrected chi connectivity index (χ0v) is 28.2. The lowest BCUT2D eigenvalue weighted by Crippen LogP contribution is -2.14. The Bertz CT molecular complexity index is 1030. The Hall–Kier alpha value is -3.58. The molecule has 0 spiro atoms. The van der Waals surface area contributed by atoms with Crippen molar-refractivity contribution in [1.82, 2.24) is 5.32 Å². The third kappa shape index (κ3) is 24.0. The number of aromatic hydroxyl groups is 1. The molecular weight excluding hydrogens is 578 g/mol. The Balaban J connectivity index is -0.000000332. The minimum atomic E-state index is 0.210. The summed E-state index contributed by atoms with van der Waals surface area (Å²) < 4.78 is 0.808. The number of phenols is 1. The van der Waals surface area contributed by atoms with E-state index in [0.29, 0.717) is 11.3 Å². The van der Waals surface area contributed by atoms with Crippen molar-refractivity contribution in [1.29, 1.82) is 0 Å². The molecule has 2 aromatic rings. The number of aliphatic imine (C=N–C) groups is 2. The lowest BCUT2D eigenvalue weighted by Gasteiger charge is -2.09. The molecule has 0 heterocycles. The third-order valence-corrected chi connectivity index (χ3v) is 5.28. The van der Waals surface area contributed by atoms with E-state index in [-0.39, 0.29) is 5.75 Å². The van der Waals surface area contributed by atoms with Crippen LogP contribution >= 0.6 is 15.9 Å². The van der Waals surface area contributed by atoms with Crippen LogP contribution in [0, 0.1) is 0 Å². The summed E-state index contributed by atoms with van der Waals surface area (Å²) in [6, 6.07) is 17.5. The van der Waals surface area contributed by atoms with Gasteiger partial charge in [0.1, 0.15) is 19.3 Å². The van der Waals surface area contributed by atoms with Crippen molar-refractivity contribution < 1.29 is 14.7 Å². The molecule has 0 saturated heterocycles. The Morgan fingerprint density at radius 2 is 1.49 bits per heavy atom. The molecular formula is C34H52BrN3O3. The van der Waals surface area contributed by atoms with Crippen LogP contribution < -0.4 is 5.32 Å². The second-order valence-corrected chi connectivity index (χ2v) is 8.21. The van der Waals surface area contributed by atoms with Gasteiger partial charge in [-0.25, -0.2) is 0 Å². The molecule has 0 atom stereocenters. The van der Waals surface area contributed by atoms with Crippen LogP contribution in [0.25, 0.3) is 6.08 Å². The van der Waals surface area contributed by atoms with Crippen LogP contribution in [0.15, 0.2) is 92.6 Å². The van der Waals surface area contributed by atoms with Gasteiger partial charge in [0, 0.05) is 31.1 Å². The highest BCUT2D eigenvalue weighted by molar-refractivity contribution is 9.12. The summed E-state index contributed by atoms with van der Waals surface area (Å²) in [5.74, 6) is 0.210. The predicted octanol–water partition coefficient (Wildman–Crippen LogP) is 9.20. The molecule has 6 nitrogen and oxygen atoms in total. The molecule has 0 aliphatic rings. The lowest BCUT2D eigenvalue weighted by molar-refractivity contribution is -0.0987. The van der Waals surface area contributed by atoms with Gasteiger partial charge in [-0.15, -0.1) is 0 Å². The molecule has 0 aliphatic carbocycles. The van der Waals surface area contributed by atoms with Crippen LogP contribution in [0.5, 0.6) is 5.75 Å². The maximum atomic E-state index is 10.2. The minimum absolute atomic E-state index is 0.210. The number of unbranched alkanes of at least 4 members (excludes halogenated alkanes) is 1. The summed E-state index contributed by atoms with van der Waals surface area (Å²) in [4.78, 5) is 24.7. The highest BCUT2D eigenvalue weighted by Gasteiger charge is 2.08. The largest absolute Gasteiger partial charge is 0.507 e. The van der Waals surface area contributed by atoms with Crippen LogP contribution in [0.1, 0.15) is 79.4 Å². The van der Waals surface area contributed by atoms with Gasteiger partial charge in [0.2, 0.25) is 0 Å². The predicted molar refractivity (Wildman–Crippen MR) is 185 cm³/mol. The maximum absolute atomic E-state index is 10.2. The summed E-state index contributed by atoms with van der Waals surface area (Å²) in [6.07, 6.45) is 10.0. The number of nitrogens with zero attached hydrogens (tertiary/aromatic N) is 2. The minimum Gasteiger partial charge on any atom is -0.507 e. The number of carbonyl (C=O) groups is 2. The molecule has 0 saturated carbocycles. The molecule has 7 heteroatoms. The van der Waals surface area contributed by atoms with E-state index in [1.54, 1.807) is 25.4 Å². The molecule has 0 bridgehead atoms. The molecule has 0 radical (unpaired) electrons.